The van der Waals surface area contributed by atoms with E-state index >= 15 is 0 Å². The lowest BCUT2D eigenvalue weighted by Crippen LogP contribution is -2.38. The second kappa shape index (κ2) is 5.40. The molecule has 2 heterocycles. The molecule has 0 aliphatic carbocycles. The number of hydrogen-bond donors (Lipinski definition) is 2. The third-order valence-electron chi connectivity index (χ3n) is 3.36. The van der Waals surface area contributed by atoms with E-state index in [1.165, 1.54) is 4.68 Å². The van der Waals surface area contributed by atoms with Gasteiger partial charge in [-0.2, -0.15) is 5.10 Å². The first-order valence-corrected chi connectivity index (χ1v) is 6.18. The van der Waals surface area contributed by atoms with Gasteiger partial charge in [0.05, 0.1) is 5.92 Å². The highest BCUT2D eigenvalue weighted by Crippen LogP contribution is 2.19. The fraction of sp³-hybridized carbons (Fsp3) is 0.583. The molecule has 1 fully saturated rings. The Morgan fingerprint density at radius 3 is 2.84 bits per heavy atom. The van der Waals surface area contributed by atoms with E-state index in [2.05, 4.69) is 5.10 Å². The molecule has 104 valence electrons. The Labute approximate surface area is 110 Å². The lowest BCUT2D eigenvalue weighted by Gasteiger charge is -2.30. The molecule has 19 heavy (non-hydrogen) atoms. The molecule has 1 aromatic heterocycles. The van der Waals surface area contributed by atoms with Crippen molar-refractivity contribution in [3.63, 3.8) is 0 Å². The highest BCUT2D eigenvalue weighted by Gasteiger charge is 2.26. The summed E-state index contributed by atoms with van der Waals surface area (Å²) >= 11 is 0. The molecule has 0 spiro atoms. The van der Waals surface area contributed by atoms with Gasteiger partial charge in [0.25, 0.3) is 0 Å². The lowest BCUT2D eigenvalue weighted by atomic mass is 9.98. The molecule has 1 aliphatic heterocycles. The molecular formula is C12H17N3O4. The molecule has 1 atom stereocenters. The van der Waals surface area contributed by atoms with Crippen LogP contribution in [0.2, 0.25) is 0 Å². The number of aryl methyl sites for hydroxylation is 1. The molecule has 1 aromatic rings. The summed E-state index contributed by atoms with van der Waals surface area (Å²) in [5.41, 5.74) is 0.668. The van der Waals surface area contributed by atoms with Crippen molar-refractivity contribution in [3.05, 3.63) is 17.5 Å². The summed E-state index contributed by atoms with van der Waals surface area (Å²) < 4.78 is 1.47. The van der Waals surface area contributed by atoms with Crippen molar-refractivity contribution < 1.29 is 19.8 Å². The second-order valence-corrected chi connectivity index (χ2v) is 4.89. The van der Waals surface area contributed by atoms with Crippen molar-refractivity contribution in [2.24, 2.45) is 13.0 Å². The molecular weight excluding hydrogens is 250 g/mol. The van der Waals surface area contributed by atoms with Gasteiger partial charge >= 0.3 is 11.9 Å². The van der Waals surface area contributed by atoms with Gasteiger partial charge in [0.15, 0.2) is 5.69 Å². The first kappa shape index (κ1) is 13.5. The van der Waals surface area contributed by atoms with Crippen LogP contribution in [0.1, 0.15) is 28.9 Å². The minimum atomic E-state index is -1.05. The van der Waals surface area contributed by atoms with Gasteiger partial charge in [0.1, 0.15) is 0 Å². The highest BCUT2D eigenvalue weighted by atomic mass is 16.4. The second-order valence-electron chi connectivity index (χ2n) is 4.89. The van der Waals surface area contributed by atoms with E-state index < -0.39 is 11.9 Å². The Bertz CT molecular complexity index is 497. The average molecular weight is 267 g/mol. The van der Waals surface area contributed by atoms with Gasteiger partial charge in [-0.05, 0) is 19.4 Å². The Morgan fingerprint density at radius 2 is 2.21 bits per heavy atom. The van der Waals surface area contributed by atoms with Crippen LogP contribution >= 0.6 is 0 Å². The smallest absolute Gasteiger partial charge is 0.356 e. The van der Waals surface area contributed by atoms with Crippen molar-refractivity contribution in [3.8, 4) is 0 Å². The van der Waals surface area contributed by atoms with Crippen LogP contribution in [0.15, 0.2) is 6.20 Å². The molecule has 7 nitrogen and oxygen atoms in total. The molecule has 1 aliphatic rings. The van der Waals surface area contributed by atoms with Gasteiger partial charge in [-0.15, -0.1) is 0 Å². The molecule has 0 radical (unpaired) electrons. The molecule has 0 aromatic carbocycles. The van der Waals surface area contributed by atoms with Crippen LogP contribution < -0.4 is 0 Å². The fourth-order valence-corrected chi connectivity index (χ4v) is 2.47. The monoisotopic (exact) mass is 267 g/mol. The summed E-state index contributed by atoms with van der Waals surface area (Å²) in [4.78, 5) is 24.0. The van der Waals surface area contributed by atoms with Gasteiger partial charge in [-0.25, -0.2) is 4.79 Å². The van der Waals surface area contributed by atoms with E-state index in [1.807, 2.05) is 4.90 Å². The van der Waals surface area contributed by atoms with Crippen molar-refractivity contribution in [1.29, 1.82) is 0 Å². The van der Waals surface area contributed by atoms with Crippen molar-refractivity contribution in [2.45, 2.75) is 19.4 Å². The third-order valence-corrected chi connectivity index (χ3v) is 3.36. The van der Waals surface area contributed by atoms with Crippen LogP contribution in [0.5, 0.6) is 0 Å². The third kappa shape index (κ3) is 3.11. The predicted octanol–water partition coefficient (Wildman–Crippen LogP) is 0.415. The zero-order valence-electron chi connectivity index (χ0n) is 10.7. The minimum absolute atomic E-state index is 0.0416. The number of aliphatic carboxylic acids is 1. The van der Waals surface area contributed by atoms with Crippen LogP contribution in [0.4, 0.5) is 0 Å². The van der Waals surface area contributed by atoms with E-state index in [9.17, 15) is 9.59 Å². The molecule has 1 saturated heterocycles. The van der Waals surface area contributed by atoms with Crippen LogP contribution in [0.25, 0.3) is 0 Å². The number of aromatic carboxylic acids is 1. The maximum Gasteiger partial charge on any atom is 0.356 e. The van der Waals surface area contributed by atoms with E-state index in [0.29, 0.717) is 25.1 Å². The van der Waals surface area contributed by atoms with Gasteiger partial charge in [0, 0.05) is 31.9 Å². The SMILES string of the molecule is Cn1cc(CN2CCCC(C(=O)O)C2)c(C(=O)O)n1. The summed E-state index contributed by atoms with van der Waals surface area (Å²) in [6, 6.07) is 0. The highest BCUT2D eigenvalue weighted by molar-refractivity contribution is 5.86. The maximum atomic E-state index is 11.1. The molecule has 0 bridgehead atoms. The number of piperidine rings is 1. The van der Waals surface area contributed by atoms with Gasteiger partial charge < -0.3 is 10.2 Å². The van der Waals surface area contributed by atoms with E-state index in [4.69, 9.17) is 10.2 Å². The van der Waals surface area contributed by atoms with Crippen molar-refractivity contribution in [1.82, 2.24) is 14.7 Å². The number of carbonyl (C=O) groups is 2. The van der Waals surface area contributed by atoms with Crippen molar-refractivity contribution >= 4 is 11.9 Å². The van der Waals surface area contributed by atoms with Crippen LogP contribution in [0.3, 0.4) is 0 Å². The summed E-state index contributed by atoms with van der Waals surface area (Å²) in [5.74, 6) is -2.20. The normalized spacial score (nSPS) is 20.4. The Kier molecular flexibility index (Phi) is 3.84. The van der Waals surface area contributed by atoms with E-state index in [1.54, 1.807) is 13.2 Å². The largest absolute Gasteiger partial charge is 0.481 e. The number of rotatable bonds is 4. The van der Waals surface area contributed by atoms with Gasteiger partial charge in [0.2, 0.25) is 0 Å². The Morgan fingerprint density at radius 1 is 1.47 bits per heavy atom. The fourth-order valence-electron chi connectivity index (χ4n) is 2.47. The Hall–Kier alpha value is -1.89. The lowest BCUT2D eigenvalue weighted by molar-refractivity contribution is -0.143. The first-order valence-electron chi connectivity index (χ1n) is 6.18. The van der Waals surface area contributed by atoms with Gasteiger partial charge in [-0.1, -0.05) is 0 Å². The number of carboxylic acid groups (broad SMARTS) is 2. The van der Waals surface area contributed by atoms with Crippen LogP contribution in [-0.2, 0) is 18.4 Å². The molecule has 2 N–H and O–H groups in total. The Balaban J connectivity index is 2.08. The first-order chi connectivity index (χ1) is 8.97. The number of carboxylic acids is 2. The minimum Gasteiger partial charge on any atom is -0.481 e. The number of likely N-dealkylation sites (tertiary alicyclic amines) is 1. The number of aromatic nitrogens is 2. The molecule has 7 heteroatoms. The van der Waals surface area contributed by atoms with Gasteiger partial charge in [-0.3, -0.25) is 14.4 Å². The predicted molar refractivity (Wildman–Crippen MR) is 65.8 cm³/mol. The topological polar surface area (TPSA) is 95.7 Å². The average Bonchev–Trinajstić information content (AvgIpc) is 2.70. The van der Waals surface area contributed by atoms with Crippen LogP contribution in [-0.4, -0.2) is 49.9 Å². The molecule has 0 saturated carbocycles. The molecule has 1 unspecified atom stereocenters. The standard InChI is InChI=1S/C12H17N3O4/c1-14-5-9(10(13-14)12(18)19)7-15-4-2-3-8(6-15)11(16)17/h5,8H,2-4,6-7H2,1H3,(H,16,17)(H,18,19). The quantitative estimate of drug-likeness (QED) is 0.820. The van der Waals surface area contributed by atoms with Crippen molar-refractivity contribution in [2.75, 3.05) is 13.1 Å². The maximum absolute atomic E-state index is 11.1. The summed E-state index contributed by atoms with van der Waals surface area (Å²) in [6.07, 6.45) is 3.18. The zero-order chi connectivity index (χ0) is 14.0. The summed E-state index contributed by atoms with van der Waals surface area (Å²) in [6.45, 7) is 1.68. The van der Waals surface area contributed by atoms with Crippen LogP contribution in [0, 0.1) is 5.92 Å². The number of hydrogen-bond acceptors (Lipinski definition) is 4. The van der Waals surface area contributed by atoms with E-state index in [0.717, 1.165) is 13.0 Å². The zero-order valence-corrected chi connectivity index (χ0v) is 10.7. The molecule has 2 rings (SSSR count). The number of nitrogens with zero attached hydrogens (tertiary/aromatic N) is 3. The summed E-state index contributed by atoms with van der Waals surface area (Å²) in [5, 5.41) is 22.0. The van der Waals surface area contributed by atoms with E-state index in [-0.39, 0.29) is 11.6 Å². The summed E-state index contributed by atoms with van der Waals surface area (Å²) in [7, 11) is 1.67. The molecule has 0 amide bonds.